The van der Waals surface area contributed by atoms with Gasteiger partial charge >= 0.3 is 12.1 Å². The molecule has 0 saturated heterocycles. The summed E-state index contributed by atoms with van der Waals surface area (Å²) in [6.45, 7) is 6.96. The number of anilines is 1. The van der Waals surface area contributed by atoms with Crippen LogP contribution in [0.4, 0.5) is 19.3 Å². The summed E-state index contributed by atoms with van der Waals surface area (Å²) in [6, 6.07) is 5.73. The number of benzene rings is 1. The molecule has 0 radical (unpaired) electrons. The number of hydrogen-bond donors (Lipinski definition) is 3. The van der Waals surface area contributed by atoms with E-state index >= 15 is 0 Å². The Hall–Kier alpha value is -3.56. The lowest BCUT2D eigenvalue weighted by molar-refractivity contribution is 0.0515. The van der Waals surface area contributed by atoms with Crippen molar-refractivity contribution in [3.63, 3.8) is 0 Å². The number of hydrogen-bond acceptors (Lipinski definition) is 6. The molecule has 0 aliphatic rings. The first kappa shape index (κ1) is 25.7. The highest BCUT2D eigenvalue weighted by atomic mass is 19.1. The Kier molecular flexibility index (Phi) is 9.26. The van der Waals surface area contributed by atoms with Crippen molar-refractivity contribution in [3.8, 4) is 5.75 Å². The second-order valence-electron chi connectivity index (χ2n) is 8.05. The third-order valence-electron chi connectivity index (χ3n) is 4.08. The minimum atomic E-state index is -0.687. The zero-order chi connectivity index (χ0) is 24.4. The van der Waals surface area contributed by atoms with Gasteiger partial charge in [0.15, 0.2) is 0 Å². The SMILES string of the molecule is CCOC(=O)c1[nH]ccc1NCc1cc(F)cc(OC/C(=C/F)CNC(=O)OC(C)(C)C)c1. The fraction of sp³-hybridized carbons (Fsp3) is 0.391. The minimum Gasteiger partial charge on any atom is -0.489 e. The number of H-pyrrole nitrogens is 1. The second kappa shape index (κ2) is 11.9. The van der Waals surface area contributed by atoms with Crippen LogP contribution in [0.2, 0.25) is 0 Å². The normalized spacial score (nSPS) is 11.6. The van der Waals surface area contributed by atoms with Gasteiger partial charge in [-0.2, -0.15) is 0 Å². The van der Waals surface area contributed by atoms with Gasteiger partial charge in [-0.15, -0.1) is 0 Å². The third-order valence-corrected chi connectivity index (χ3v) is 4.08. The molecule has 1 heterocycles. The molecule has 10 heteroatoms. The van der Waals surface area contributed by atoms with Crippen molar-refractivity contribution in [1.82, 2.24) is 10.3 Å². The van der Waals surface area contributed by atoms with Crippen molar-refractivity contribution < 1.29 is 32.6 Å². The molecule has 3 N–H and O–H groups in total. The van der Waals surface area contributed by atoms with Crippen LogP contribution in [0.15, 0.2) is 42.4 Å². The molecule has 0 atom stereocenters. The highest BCUT2D eigenvalue weighted by molar-refractivity contribution is 5.93. The maximum Gasteiger partial charge on any atom is 0.407 e. The maximum atomic E-state index is 14.1. The van der Waals surface area contributed by atoms with Crippen LogP contribution in [-0.4, -0.2) is 42.4 Å². The van der Waals surface area contributed by atoms with Gasteiger partial charge in [0.1, 0.15) is 29.5 Å². The fourth-order valence-corrected chi connectivity index (χ4v) is 2.69. The average Bonchev–Trinajstić information content (AvgIpc) is 3.20. The molecule has 180 valence electrons. The van der Waals surface area contributed by atoms with E-state index in [1.807, 2.05) is 0 Å². The molecule has 2 rings (SSSR count). The summed E-state index contributed by atoms with van der Waals surface area (Å²) in [5, 5.41) is 5.48. The first-order valence-corrected chi connectivity index (χ1v) is 10.4. The van der Waals surface area contributed by atoms with Crippen LogP contribution in [0.25, 0.3) is 0 Å². The summed E-state index contributed by atoms with van der Waals surface area (Å²) in [5.74, 6) is -0.858. The Morgan fingerprint density at radius 1 is 1.21 bits per heavy atom. The van der Waals surface area contributed by atoms with Crippen LogP contribution in [-0.2, 0) is 16.0 Å². The molecular formula is C23H29F2N3O5. The molecule has 8 nitrogen and oxygen atoms in total. The van der Waals surface area contributed by atoms with E-state index in [1.54, 1.807) is 46.0 Å². The monoisotopic (exact) mass is 465 g/mol. The number of halogens is 2. The van der Waals surface area contributed by atoms with Gasteiger partial charge in [0.05, 0.1) is 18.6 Å². The molecule has 33 heavy (non-hydrogen) atoms. The van der Waals surface area contributed by atoms with Crippen molar-refractivity contribution in [2.45, 2.75) is 39.8 Å². The number of carbonyl (C=O) groups excluding carboxylic acids is 2. The van der Waals surface area contributed by atoms with Gasteiger partial charge in [-0.05, 0) is 51.5 Å². The van der Waals surface area contributed by atoms with Gasteiger partial charge in [0.2, 0.25) is 0 Å². The molecule has 0 unspecified atom stereocenters. The van der Waals surface area contributed by atoms with Crippen molar-refractivity contribution in [2.75, 3.05) is 25.1 Å². The topological polar surface area (TPSA) is 102 Å². The summed E-state index contributed by atoms with van der Waals surface area (Å²) >= 11 is 0. The van der Waals surface area contributed by atoms with Crippen LogP contribution < -0.4 is 15.4 Å². The molecule has 0 spiro atoms. The van der Waals surface area contributed by atoms with Gasteiger partial charge in [0, 0.05) is 30.9 Å². The summed E-state index contributed by atoms with van der Waals surface area (Å²) in [6.07, 6.45) is 1.22. The number of esters is 1. The van der Waals surface area contributed by atoms with Crippen LogP contribution >= 0.6 is 0 Å². The average molecular weight is 465 g/mol. The van der Waals surface area contributed by atoms with Gasteiger partial charge in [-0.25, -0.2) is 18.4 Å². The predicted molar refractivity (Wildman–Crippen MR) is 119 cm³/mol. The molecule has 0 aliphatic heterocycles. The number of rotatable bonds is 10. The largest absolute Gasteiger partial charge is 0.489 e. The number of alkyl carbamates (subject to hydrolysis) is 1. The Morgan fingerprint density at radius 2 is 1.97 bits per heavy atom. The lowest BCUT2D eigenvalue weighted by Gasteiger charge is -2.20. The lowest BCUT2D eigenvalue weighted by Crippen LogP contribution is -2.34. The minimum absolute atomic E-state index is 0.126. The van der Waals surface area contributed by atoms with Gasteiger partial charge in [0.25, 0.3) is 0 Å². The Balaban J connectivity index is 1.94. The van der Waals surface area contributed by atoms with Gasteiger partial charge < -0.3 is 29.8 Å². The van der Waals surface area contributed by atoms with E-state index in [0.717, 1.165) is 0 Å². The van der Waals surface area contributed by atoms with Crippen molar-refractivity contribution in [1.29, 1.82) is 0 Å². The third kappa shape index (κ3) is 8.83. The molecule has 0 fully saturated rings. The van der Waals surface area contributed by atoms with Gasteiger partial charge in [-0.1, -0.05) is 0 Å². The van der Waals surface area contributed by atoms with E-state index in [-0.39, 0.29) is 43.3 Å². The number of aromatic nitrogens is 1. The Labute approximate surface area is 191 Å². The summed E-state index contributed by atoms with van der Waals surface area (Å²) < 4.78 is 42.8. The molecule has 2 aromatic rings. The number of ether oxygens (including phenoxy) is 3. The Morgan fingerprint density at radius 3 is 2.64 bits per heavy atom. The van der Waals surface area contributed by atoms with E-state index < -0.39 is 23.5 Å². The van der Waals surface area contributed by atoms with E-state index in [1.165, 1.54) is 12.1 Å². The van der Waals surface area contributed by atoms with Crippen molar-refractivity contribution >= 4 is 17.7 Å². The second-order valence-corrected chi connectivity index (χ2v) is 8.05. The lowest BCUT2D eigenvalue weighted by atomic mass is 10.2. The summed E-state index contributed by atoms with van der Waals surface area (Å²) in [5.41, 5.74) is 0.773. The number of aromatic amines is 1. The van der Waals surface area contributed by atoms with E-state index in [2.05, 4.69) is 15.6 Å². The van der Waals surface area contributed by atoms with Crippen LogP contribution in [0.1, 0.15) is 43.7 Å². The highest BCUT2D eigenvalue weighted by Crippen LogP contribution is 2.20. The molecule has 1 aromatic heterocycles. The van der Waals surface area contributed by atoms with Gasteiger partial charge in [-0.3, -0.25) is 0 Å². The smallest absolute Gasteiger partial charge is 0.407 e. The first-order chi connectivity index (χ1) is 15.6. The zero-order valence-electron chi connectivity index (χ0n) is 19.1. The van der Waals surface area contributed by atoms with Crippen LogP contribution in [0, 0.1) is 5.82 Å². The van der Waals surface area contributed by atoms with E-state index in [4.69, 9.17) is 14.2 Å². The van der Waals surface area contributed by atoms with Crippen molar-refractivity contribution in [3.05, 3.63) is 59.4 Å². The Bertz CT molecular complexity index is 983. The molecular weight excluding hydrogens is 436 g/mol. The maximum absolute atomic E-state index is 14.1. The van der Waals surface area contributed by atoms with E-state index in [9.17, 15) is 18.4 Å². The quantitative estimate of drug-likeness (QED) is 0.440. The molecule has 1 amide bonds. The molecule has 0 aliphatic carbocycles. The van der Waals surface area contributed by atoms with Crippen LogP contribution in [0.3, 0.4) is 0 Å². The predicted octanol–water partition coefficient (Wildman–Crippen LogP) is 4.70. The first-order valence-electron chi connectivity index (χ1n) is 10.4. The zero-order valence-corrected chi connectivity index (χ0v) is 19.1. The van der Waals surface area contributed by atoms with Crippen molar-refractivity contribution in [2.24, 2.45) is 0 Å². The number of nitrogens with one attached hydrogen (secondary N) is 3. The summed E-state index contributed by atoms with van der Waals surface area (Å²) in [7, 11) is 0. The summed E-state index contributed by atoms with van der Waals surface area (Å²) in [4.78, 5) is 26.5. The highest BCUT2D eigenvalue weighted by Gasteiger charge is 2.16. The number of carbonyl (C=O) groups is 2. The molecule has 0 saturated carbocycles. The standard InChI is InChI=1S/C23H29F2N3O5/c1-5-31-21(29)20-19(6-7-26-20)27-12-15-8-17(25)10-18(9-15)32-14-16(11-24)13-28-22(30)33-23(2,3)4/h6-11,26-27H,5,12-14H2,1-4H3,(H,28,30)/b16-11+. The number of amides is 1. The van der Waals surface area contributed by atoms with Crippen LogP contribution in [0.5, 0.6) is 5.75 Å². The molecule has 1 aromatic carbocycles. The molecule has 0 bridgehead atoms. The van der Waals surface area contributed by atoms with E-state index in [0.29, 0.717) is 17.6 Å². The fourth-order valence-electron chi connectivity index (χ4n) is 2.69.